The minimum atomic E-state index is -1.50. The van der Waals surface area contributed by atoms with Crippen LogP contribution in [0, 0.1) is 11.6 Å². The van der Waals surface area contributed by atoms with Crippen LogP contribution in [-0.4, -0.2) is 5.11 Å². The minimum absolute atomic E-state index is 0.0625. The quantitative estimate of drug-likeness (QED) is 0.900. The first-order chi connectivity index (χ1) is 8.90. The monoisotopic (exact) mass is 282 g/mol. The summed E-state index contributed by atoms with van der Waals surface area (Å²) in [5.41, 5.74) is -0.815. The topological polar surface area (TPSA) is 20.2 Å². The van der Waals surface area contributed by atoms with E-state index in [0.29, 0.717) is 5.02 Å². The molecule has 0 aliphatic carbocycles. The van der Waals surface area contributed by atoms with Crippen molar-refractivity contribution in [2.75, 3.05) is 0 Å². The van der Waals surface area contributed by atoms with Gasteiger partial charge in [0.1, 0.15) is 0 Å². The van der Waals surface area contributed by atoms with Crippen LogP contribution in [0.1, 0.15) is 18.1 Å². The molecule has 0 saturated carbocycles. The van der Waals surface area contributed by atoms with E-state index in [1.807, 2.05) is 0 Å². The fourth-order valence-corrected chi connectivity index (χ4v) is 2.27. The van der Waals surface area contributed by atoms with Crippen LogP contribution in [0.15, 0.2) is 42.5 Å². The normalized spacial score (nSPS) is 14.2. The van der Waals surface area contributed by atoms with Gasteiger partial charge < -0.3 is 5.11 Å². The van der Waals surface area contributed by atoms with Crippen LogP contribution in [0.3, 0.4) is 0 Å². The lowest BCUT2D eigenvalue weighted by atomic mass is 9.88. The van der Waals surface area contributed by atoms with Crippen LogP contribution in [0.5, 0.6) is 0 Å². The summed E-state index contributed by atoms with van der Waals surface area (Å²) in [6.07, 6.45) is 0.147. The van der Waals surface area contributed by atoms with Gasteiger partial charge in [-0.1, -0.05) is 35.9 Å². The van der Waals surface area contributed by atoms with Gasteiger partial charge >= 0.3 is 0 Å². The second kappa shape index (κ2) is 5.27. The lowest BCUT2D eigenvalue weighted by Crippen LogP contribution is -2.26. The summed E-state index contributed by atoms with van der Waals surface area (Å²) in [5, 5.41) is 10.9. The summed E-state index contributed by atoms with van der Waals surface area (Å²) < 4.78 is 26.9. The van der Waals surface area contributed by atoms with Crippen molar-refractivity contribution >= 4 is 11.6 Å². The Morgan fingerprint density at radius 2 is 1.84 bits per heavy atom. The van der Waals surface area contributed by atoms with Crippen LogP contribution in [-0.2, 0) is 12.0 Å². The Bertz CT molecular complexity index is 596. The highest BCUT2D eigenvalue weighted by atomic mass is 35.5. The maximum atomic E-state index is 13.7. The van der Waals surface area contributed by atoms with E-state index in [4.69, 9.17) is 11.6 Å². The Morgan fingerprint density at radius 1 is 1.16 bits per heavy atom. The second-order valence-corrected chi connectivity index (χ2v) is 5.12. The number of hydrogen-bond donors (Lipinski definition) is 1. The zero-order valence-electron chi connectivity index (χ0n) is 10.3. The van der Waals surface area contributed by atoms with Gasteiger partial charge in [0.2, 0.25) is 0 Å². The van der Waals surface area contributed by atoms with E-state index in [1.54, 1.807) is 24.3 Å². The number of hydrogen-bond acceptors (Lipinski definition) is 1. The lowest BCUT2D eigenvalue weighted by molar-refractivity contribution is 0.0530. The van der Waals surface area contributed by atoms with Crippen LogP contribution in [0.2, 0.25) is 5.02 Å². The van der Waals surface area contributed by atoms with Crippen LogP contribution in [0.25, 0.3) is 0 Å². The third-order valence-electron chi connectivity index (χ3n) is 2.97. The van der Waals surface area contributed by atoms with E-state index < -0.39 is 17.2 Å². The van der Waals surface area contributed by atoms with Gasteiger partial charge in [0, 0.05) is 17.0 Å². The van der Waals surface area contributed by atoms with Crippen LogP contribution >= 0.6 is 11.6 Å². The average molecular weight is 283 g/mol. The van der Waals surface area contributed by atoms with Crippen molar-refractivity contribution in [2.24, 2.45) is 0 Å². The molecular weight excluding hydrogens is 270 g/mol. The first kappa shape index (κ1) is 14.0. The number of benzene rings is 2. The zero-order chi connectivity index (χ0) is 14.0. The summed E-state index contributed by atoms with van der Waals surface area (Å²) in [6.45, 7) is 1.45. The highest BCUT2D eigenvalue weighted by Gasteiger charge is 2.28. The molecule has 2 rings (SSSR count). The highest BCUT2D eigenvalue weighted by molar-refractivity contribution is 6.30. The molecule has 0 fully saturated rings. The first-order valence-electron chi connectivity index (χ1n) is 5.81. The predicted octanol–water partition coefficient (Wildman–Crippen LogP) is 4.07. The minimum Gasteiger partial charge on any atom is -0.385 e. The molecule has 1 unspecified atom stereocenters. The van der Waals surface area contributed by atoms with Crippen molar-refractivity contribution in [3.63, 3.8) is 0 Å². The molecule has 0 heterocycles. The van der Waals surface area contributed by atoms with E-state index in [0.717, 1.165) is 11.6 Å². The van der Waals surface area contributed by atoms with E-state index in [9.17, 15) is 13.9 Å². The van der Waals surface area contributed by atoms with Crippen molar-refractivity contribution in [2.45, 2.75) is 18.9 Å². The molecule has 0 aliphatic heterocycles. The van der Waals surface area contributed by atoms with Crippen LogP contribution in [0.4, 0.5) is 8.78 Å². The lowest BCUT2D eigenvalue weighted by Gasteiger charge is -2.24. The molecule has 0 saturated heterocycles. The molecule has 4 heteroatoms. The highest BCUT2D eigenvalue weighted by Crippen LogP contribution is 2.29. The van der Waals surface area contributed by atoms with Gasteiger partial charge in [-0.15, -0.1) is 0 Å². The molecule has 2 aromatic carbocycles. The Hall–Kier alpha value is -1.45. The van der Waals surface area contributed by atoms with Gasteiger partial charge in [-0.3, -0.25) is 0 Å². The Morgan fingerprint density at radius 3 is 2.53 bits per heavy atom. The molecule has 1 atom stereocenters. The van der Waals surface area contributed by atoms with Gasteiger partial charge in [-0.05, 0) is 30.7 Å². The molecule has 0 aliphatic rings. The number of aliphatic hydroxyl groups is 1. The summed E-state index contributed by atoms with van der Waals surface area (Å²) in [6, 6.07) is 10.7. The summed E-state index contributed by atoms with van der Waals surface area (Å²) in [4.78, 5) is 0. The fraction of sp³-hybridized carbons (Fsp3) is 0.200. The smallest absolute Gasteiger partial charge is 0.164 e. The van der Waals surface area contributed by atoms with Gasteiger partial charge in [0.15, 0.2) is 11.6 Å². The predicted molar refractivity (Wildman–Crippen MR) is 71.1 cm³/mol. The molecule has 0 amide bonds. The molecule has 2 aromatic rings. The van der Waals surface area contributed by atoms with Crippen LogP contribution < -0.4 is 0 Å². The van der Waals surface area contributed by atoms with E-state index in [-0.39, 0.29) is 12.0 Å². The SMILES string of the molecule is CC(O)(Cc1cccc(Cl)c1)c1cccc(F)c1F. The van der Waals surface area contributed by atoms with Crippen molar-refractivity contribution in [1.29, 1.82) is 0 Å². The molecule has 19 heavy (non-hydrogen) atoms. The molecule has 100 valence electrons. The number of halogens is 3. The molecule has 1 N–H and O–H groups in total. The van der Waals surface area contributed by atoms with Crippen molar-refractivity contribution < 1.29 is 13.9 Å². The van der Waals surface area contributed by atoms with Crippen molar-refractivity contribution in [1.82, 2.24) is 0 Å². The van der Waals surface area contributed by atoms with E-state index >= 15 is 0 Å². The molecular formula is C15H13ClF2O. The summed E-state index contributed by atoms with van der Waals surface area (Å²) in [7, 11) is 0. The van der Waals surface area contributed by atoms with Gasteiger partial charge in [-0.2, -0.15) is 0 Å². The average Bonchev–Trinajstić information content (AvgIpc) is 2.32. The summed E-state index contributed by atoms with van der Waals surface area (Å²) in [5.74, 6) is -1.99. The maximum absolute atomic E-state index is 13.7. The Kier molecular flexibility index (Phi) is 3.88. The van der Waals surface area contributed by atoms with Crippen molar-refractivity contribution in [3.05, 3.63) is 70.2 Å². The summed E-state index contributed by atoms with van der Waals surface area (Å²) >= 11 is 5.86. The zero-order valence-corrected chi connectivity index (χ0v) is 11.1. The largest absolute Gasteiger partial charge is 0.385 e. The standard InChI is InChI=1S/C15H13ClF2O/c1-15(19,9-10-4-2-5-11(16)8-10)12-6-3-7-13(17)14(12)18/h2-8,19H,9H2,1H3. The molecule has 0 bridgehead atoms. The van der Waals surface area contributed by atoms with Gasteiger partial charge in [0.05, 0.1) is 5.60 Å². The molecule has 0 spiro atoms. The van der Waals surface area contributed by atoms with Crippen molar-refractivity contribution in [3.8, 4) is 0 Å². The third-order valence-corrected chi connectivity index (χ3v) is 3.20. The maximum Gasteiger partial charge on any atom is 0.164 e. The number of rotatable bonds is 3. The van der Waals surface area contributed by atoms with E-state index in [1.165, 1.54) is 19.1 Å². The molecule has 0 aromatic heterocycles. The van der Waals surface area contributed by atoms with Gasteiger partial charge in [-0.25, -0.2) is 8.78 Å². The Balaban J connectivity index is 2.34. The Labute approximate surface area is 115 Å². The second-order valence-electron chi connectivity index (χ2n) is 4.68. The van der Waals surface area contributed by atoms with E-state index in [2.05, 4.69) is 0 Å². The van der Waals surface area contributed by atoms with Gasteiger partial charge in [0.25, 0.3) is 0 Å². The fourth-order valence-electron chi connectivity index (χ4n) is 2.06. The molecule has 1 nitrogen and oxygen atoms in total. The first-order valence-corrected chi connectivity index (χ1v) is 6.19. The third kappa shape index (κ3) is 3.11. The molecule has 0 radical (unpaired) electrons.